The van der Waals surface area contributed by atoms with E-state index in [9.17, 15) is 16.8 Å². The number of ether oxygens (including phenoxy) is 1. The molecular formula is C20H25NO5S2. The molecule has 1 aliphatic heterocycles. The highest BCUT2D eigenvalue weighted by molar-refractivity contribution is 7.91. The van der Waals surface area contributed by atoms with Crippen LogP contribution in [0.25, 0.3) is 0 Å². The van der Waals surface area contributed by atoms with E-state index >= 15 is 0 Å². The molecule has 0 saturated carbocycles. The number of benzene rings is 2. The van der Waals surface area contributed by atoms with Gasteiger partial charge < -0.3 is 4.74 Å². The van der Waals surface area contributed by atoms with E-state index in [1.165, 1.54) is 18.2 Å². The molecule has 8 heteroatoms. The molecule has 0 radical (unpaired) electrons. The van der Waals surface area contributed by atoms with Gasteiger partial charge in [-0.2, -0.15) is 0 Å². The number of sulfonamides is 1. The van der Waals surface area contributed by atoms with Crippen molar-refractivity contribution in [2.24, 2.45) is 5.92 Å². The molecule has 28 heavy (non-hydrogen) atoms. The molecule has 2 aromatic carbocycles. The fraction of sp³-hybridized carbons (Fsp3) is 0.400. The molecule has 3 rings (SSSR count). The Morgan fingerprint density at radius 1 is 0.929 bits per heavy atom. The Labute approximate surface area is 166 Å². The largest absolute Gasteiger partial charge is 0.381 e. The van der Waals surface area contributed by atoms with Gasteiger partial charge in [0.2, 0.25) is 19.9 Å². The van der Waals surface area contributed by atoms with Gasteiger partial charge in [-0.05, 0) is 61.9 Å². The van der Waals surface area contributed by atoms with Crippen LogP contribution in [0, 0.1) is 19.8 Å². The normalized spacial score (nSPS) is 16.2. The summed E-state index contributed by atoms with van der Waals surface area (Å²) in [6.45, 7) is 4.94. The van der Waals surface area contributed by atoms with Crippen LogP contribution in [0.5, 0.6) is 0 Å². The molecule has 0 bridgehead atoms. The van der Waals surface area contributed by atoms with Crippen LogP contribution in [0.4, 0.5) is 0 Å². The Balaban J connectivity index is 1.95. The number of rotatable bonds is 6. The van der Waals surface area contributed by atoms with Crippen molar-refractivity contribution in [3.05, 3.63) is 53.6 Å². The van der Waals surface area contributed by atoms with E-state index in [-0.39, 0.29) is 20.6 Å². The Hall–Kier alpha value is -1.74. The van der Waals surface area contributed by atoms with Crippen molar-refractivity contribution in [3.8, 4) is 0 Å². The quantitative estimate of drug-likeness (QED) is 0.772. The molecule has 1 fully saturated rings. The van der Waals surface area contributed by atoms with Gasteiger partial charge in [-0.1, -0.05) is 24.3 Å². The first-order valence-corrected chi connectivity index (χ1v) is 12.2. The zero-order chi connectivity index (χ0) is 20.4. The lowest BCUT2D eigenvalue weighted by molar-refractivity contribution is 0.0678. The van der Waals surface area contributed by atoms with Crippen molar-refractivity contribution in [1.82, 2.24) is 4.72 Å². The third-order valence-corrected chi connectivity index (χ3v) is 8.49. The van der Waals surface area contributed by atoms with Crippen LogP contribution >= 0.6 is 0 Å². The average molecular weight is 424 g/mol. The lowest BCUT2D eigenvalue weighted by Gasteiger charge is -2.22. The van der Waals surface area contributed by atoms with Gasteiger partial charge in [0.05, 0.1) is 14.7 Å². The molecule has 1 aliphatic rings. The molecule has 0 amide bonds. The number of nitrogens with one attached hydrogen (secondary N) is 1. The number of sulfone groups is 1. The first-order chi connectivity index (χ1) is 13.2. The fourth-order valence-electron chi connectivity index (χ4n) is 3.38. The topological polar surface area (TPSA) is 89.5 Å². The fourth-order valence-corrected chi connectivity index (χ4v) is 6.34. The highest BCUT2D eigenvalue weighted by Gasteiger charge is 2.26. The minimum Gasteiger partial charge on any atom is -0.381 e. The molecule has 0 aliphatic carbocycles. The molecule has 0 spiro atoms. The molecule has 0 aromatic heterocycles. The smallest absolute Gasteiger partial charge is 0.240 e. The number of aryl methyl sites for hydroxylation is 2. The average Bonchev–Trinajstić information content (AvgIpc) is 2.67. The summed E-state index contributed by atoms with van der Waals surface area (Å²) in [7, 11) is -7.64. The predicted molar refractivity (Wildman–Crippen MR) is 107 cm³/mol. The highest BCUT2D eigenvalue weighted by atomic mass is 32.2. The second-order valence-corrected chi connectivity index (χ2v) is 10.8. The van der Waals surface area contributed by atoms with E-state index in [0.717, 1.165) is 12.8 Å². The van der Waals surface area contributed by atoms with Crippen LogP contribution < -0.4 is 4.72 Å². The Kier molecular flexibility index (Phi) is 6.24. The summed E-state index contributed by atoms with van der Waals surface area (Å²) in [6, 6.07) is 10.9. The van der Waals surface area contributed by atoms with Gasteiger partial charge in [0.25, 0.3) is 0 Å². The van der Waals surface area contributed by atoms with E-state index in [2.05, 4.69) is 4.72 Å². The van der Waals surface area contributed by atoms with E-state index in [1.807, 2.05) is 0 Å². The lowest BCUT2D eigenvalue weighted by atomic mass is 10.0. The van der Waals surface area contributed by atoms with Crippen LogP contribution in [0.15, 0.2) is 57.2 Å². The summed E-state index contributed by atoms with van der Waals surface area (Å²) in [5.74, 6) is 0.224. The molecule has 152 valence electrons. The third-order valence-electron chi connectivity index (χ3n) is 5.01. The maximum atomic E-state index is 13.0. The monoisotopic (exact) mass is 423 g/mol. The Bertz CT molecular complexity index is 1040. The van der Waals surface area contributed by atoms with E-state index in [1.54, 1.807) is 38.1 Å². The van der Waals surface area contributed by atoms with Gasteiger partial charge in [-0.3, -0.25) is 0 Å². The number of hydrogen-bond donors (Lipinski definition) is 1. The maximum absolute atomic E-state index is 13.0. The van der Waals surface area contributed by atoms with Gasteiger partial charge in [0.1, 0.15) is 0 Å². The summed E-state index contributed by atoms with van der Waals surface area (Å²) in [5, 5.41) is 0. The molecule has 1 heterocycles. The molecule has 0 atom stereocenters. The summed E-state index contributed by atoms with van der Waals surface area (Å²) < 4.78 is 59.8. The maximum Gasteiger partial charge on any atom is 0.240 e. The standard InChI is InChI=1S/C20H25NO5S2/c1-15-12-16(2)20(28(24,25)21-14-17-8-10-26-11-9-17)13-19(15)27(22,23)18-6-4-3-5-7-18/h3-7,12-13,17,21H,8-11,14H2,1-2H3. The zero-order valence-electron chi connectivity index (χ0n) is 16.0. The molecule has 0 unspecified atom stereocenters. The van der Waals surface area contributed by atoms with Crippen molar-refractivity contribution in [1.29, 1.82) is 0 Å². The highest BCUT2D eigenvalue weighted by Crippen LogP contribution is 2.28. The molecule has 1 N–H and O–H groups in total. The minimum atomic E-state index is -3.83. The predicted octanol–water partition coefficient (Wildman–Crippen LogP) is 2.84. The third kappa shape index (κ3) is 4.46. The van der Waals surface area contributed by atoms with Gasteiger partial charge in [-0.15, -0.1) is 0 Å². The lowest BCUT2D eigenvalue weighted by Crippen LogP contribution is -2.32. The molecular weight excluding hydrogens is 398 g/mol. The summed E-state index contributed by atoms with van der Waals surface area (Å²) in [6.07, 6.45) is 1.62. The second kappa shape index (κ2) is 8.32. The molecule has 2 aromatic rings. The summed E-state index contributed by atoms with van der Waals surface area (Å²) in [4.78, 5) is 0.149. The number of hydrogen-bond acceptors (Lipinski definition) is 5. The van der Waals surface area contributed by atoms with Crippen LogP contribution in [-0.2, 0) is 24.6 Å². The second-order valence-electron chi connectivity index (χ2n) is 7.11. The van der Waals surface area contributed by atoms with Gasteiger partial charge in [-0.25, -0.2) is 21.6 Å². The zero-order valence-corrected chi connectivity index (χ0v) is 17.6. The summed E-state index contributed by atoms with van der Waals surface area (Å²) >= 11 is 0. The Morgan fingerprint density at radius 3 is 2.18 bits per heavy atom. The van der Waals surface area contributed by atoms with Crippen LogP contribution in [0.1, 0.15) is 24.0 Å². The van der Waals surface area contributed by atoms with Gasteiger partial charge in [0.15, 0.2) is 0 Å². The van der Waals surface area contributed by atoms with E-state index < -0.39 is 19.9 Å². The van der Waals surface area contributed by atoms with Gasteiger partial charge >= 0.3 is 0 Å². The minimum absolute atomic E-state index is 0.000310. The van der Waals surface area contributed by atoms with E-state index in [0.29, 0.717) is 30.9 Å². The molecule has 6 nitrogen and oxygen atoms in total. The van der Waals surface area contributed by atoms with E-state index in [4.69, 9.17) is 4.74 Å². The van der Waals surface area contributed by atoms with Crippen molar-refractivity contribution in [3.63, 3.8) is 0 Å². The van der Waals surface area contributed by atoms with Crippen LogP contribution in [-0.4, -0.2) is 36.6 Å². The van der Waals surface area contributed by atoms with Crippen LogP contribution in [0.2, 0.25) is 0 Å². The van der Waals surface area contributed by atoms with Crippen molar-refractivity contribution in [2.75, 3.05) is 19.8 Å². The first-order valence-electron chi connectivity index (χ1n) is 9.20. The van der Waals surface area contributed by atoms with Gasteiger partial charge in [0, 0.05) is 19.8 Å². The summed E-state index contributed by atoms with van der Waals surface area (Å²) in [5.41, 5.74) is 1.04. The van der Waals surface area contributed by atoms with Crippen LogP contribution in [0.3, 0.4) is 0 Å². The van der Waals surface area contributed by atoms with Crippen molar-refractivity contribution in [2.45, 2.75) is 41.4 Å². The first kappa shape index (κ1) is 21.0. The Morgan fingerprint density at radius 2 is 1.54 bits per heavy atom. The SMILES string of the molecule is Cc1cc(C)c(S(=O)(=O)c2ccccc2)cc1S(=O)(=O)NCC1CCOCC1. The van der Waals surface area contributed by atoms with Crippen molar-refractivity contribution < 1.29 is 21.6 Å². The molecule has 1 saturated heterocycles. The van der Waals surface area contributed by atoms with Crippen molar-refractivity contribution >= 4 is 19.9 Å².